The van der Waals surface area contributed by atoms with E-state index in [-0.39, 0.29) is 0 Å². The Morgan fingerprint density at radius 2 is 0.538 bits per heavy atom. The van der Waals surface area contributed by atoms with Crippen molar-refractivity contribution in [3.05, 3.63) is 72.8 Å². The number of para-hydroxylation sites is 3. The molecule has 0 atom stereocenters. The molecule has 0 radical (unpaired) electrons. The molecule has 3 aromatic carbocycles. The molecule has 0 N–H and O–H groups in total. The summed E-state index contributed by atoms with van der Waals surface area (Å²) in [6.07, 6.45) is 0. The number of hydrogen-bond donors (Lipinski definition) is 0. The third-order valence-corrected chi connectivity index (χ3v) is 12.0. The summed E-state index contributed by atoms with van der Waals surface area (Å²) in [5.74, 6) is 2.39. The normalized spacial score (nSPS) is 11.3. The van der Waals surface area contributed by atoms with E-state index in [0.29, 0.717) is 119 Å². The van der Waals surface area contributed by atoms with Crippen LogP contribution in [0.5, 0.6) is 17.2 Å². The van der Waals surface area contributed by atoms with Gasteiger partial charge in [0.15, 0.2) is 0 Å². The third-order valence-electron chi connectivity index (χ3n) is 7.07. The van der Waals surface area contributed by atoms with Crippen molar-refractivity contribution >= 4 is 27.3 Å². The molecule has 0 aliphatic carbocycles. The number of ether oxygens (including phenoxy) is 12. The molecule has 0 amide bonds. The van der Waals surface area contributed by atoms with Gasteiger partial charge >= 0.3 is 293 Å². The molecule has 0 heterocycles. The van der Waals surface area contributed by atoms with Crippen LogP contribution in [0.1, 0.15) is 0 Å². The number of benzene rings is 3. The van der Waals surface area contributed by atoms with E-state index < -0.39 is 13.9 Å². The van der Waals surface area contributed by atoms with Gasteiger partial charge in [-0.05, 0) is 0 Å². The number of methoxy groups -OCH3 is 3. The second-order valence-electron chi connectivity index (χ2n) is 10.8. The van der Waals surface area contributed by atoms with Gasteiger partial charge in [-0.15, -0.1) is 0 Å². The Kier molecular flexibility index (Phi) is 24.9. The van der Waals surface area contributed by atoms with Gasteiger partial charge in [-0.25, -0.2) is 0 Å². The Morgan fingerprint density at radius 3 is 0.808 bits per heavy atom. The Bertz CT molecular complexity index is 1140. The Morgan fingerprint density at radius 1 is 0.308 bits per heavy atom. The summed E-state index contributed by atoms with van der Waals surface area (Å²) in [4.78, 5) is 0. The predicted molar refractivity (Wildman–Crippen MR) is 201 cm³/mol. The second kappa shape index (κ2) is 29.6. The van der Waals surface area contributed by atoms with Gasteiger partial charge in [0.2, 0.25) is 0 Å². The first-order valence-electron chi connectivity index (χ1n) is 17.6. The van der Waals surface area contributed by atoms with Crippen LogP contribution >= 0.6 is 0 Å². The molecular weight excluding hydrogens is 739 g/mol. The zero-order chi connectivity index (χ0) is 36.7. The van der Waals surface area contributed by atoms with Gasteiger partial charge in [0, 0.05) is 21.3 Å². The van der Waals surface area contributed by atoms with E-state index in [4.69, 9.17) is 56.8 Å². The molecule has 3 aromatic rings. The van der Waals surface area contributed by atoms with E-state index in [1.807, 2.05) is 54.6 Å². The topological polar surface area (TPSA) is 111 Å². The number of hydrogen-bond acceptors (Lipinski definition) is 12. The van der Waals surface area contributed by atoms with Crippen molar-refractivity contribution in [3.63, 3.8) is 0 Å². The van der Waals surface area contributed by atoms with E-state index in [0.717, 1.165) is 30.6 Å². The van der Waals surface area contributed by atoms with Gasteiger partial charge in [-0.1, -0.05) is 0 Å². The molecule has 3 rings (SSSR count). The molecule has 0 bridgehead atoms. The molecule has 0 unspecified atom stereocenters. The van der Waals surface area contributed by atoms with Crippen molar-refractivity contribution in [1.29, 1.82) is 0 Å². The summed E-state index contributed by atoms with van der Waals surface area (Å²) in [5.41, 5.74) is 0. The fraction of sp³-hybridized carbons (Fsp3) is 0.538. The van der Waals surface area contributed by atoms with Crippen LogP contribution in [0.15, 0.2) is 72.8 Å². The molecule has 0 fully saturated rings. The van der Waals surface area contributed by atoms with Crippen LogP contribution in [0.4, 0.5) is 0 Å². The third kappa shape index (κ3) is 17.8. The summed E-state index contributed by atoms with van der Waals surface area (Å²) in [6, 6.07) is 24.6. The van der Waals surface area contributed by atoms with Crippen LogP contribution in [0.2, 0.25) is 0 Å². The van der Waals surface area contributed by atoms with E-state index in [2.05, 4.69) is 18.2 Å². The molecule has 13 heteroatoms. The van der Waals surface area contributed by atoms with Crippen LogP contribution in [0.25, 0.3) is 0 Å². The van der Waals surface area contributed by atoms with Crippen molar-refractivity contribution < 1.29 is 56.8 Å². The maximum absolute atomic E-state index is 6.39. The van der Waals surface area contributed by atoms with Crippen LogP contribution < -0.4 is 27.6 Å². The number of rotatable bonds is 33. The van der Waals surface area contributed by atoms with Crippen LogP contribution in [0, 0.1) is 0 Å². The fourth-order valence-electron chi connectivity index (χ4n) is 4.59. The Labute approximate surface area is 313 Å². The minimum Gasteiger partial charge on any atom is 0.0356 e. The minimum absolute atomic E-state index is 0.392. The van der Waals surface area contributed by atoms with Crippen molar-refractivity contribution in [2.24, 2.45) is 0 Å². The molecule has 0 aliphatic heterocycles. The summed E-state index contributed by atoms with van der Waals surface area (Å²) in [6.45, 7) is 8.73. The fourth-order valence-corrected chi connectivity index (χ4v) is 9.50. The molecule has 12 nitrogen and oxygen atoms in total. The van der Waals surface area contributed by atoms with E-state index in [1.165, 1.54) is 0 Å². The predicted octanol–water partition coefficient (Wildman–Crippen LogP) is 2.38. The van der Waals surface area contributed by atoms with Gasteiger partial charge in [0.05, 0.1) is 0 Å². The zero-order valence-corrected chi connectivity index (χ0v) is 32.7. The molecule has 290 valence electrons. The quantitative estimate of drug-likeness (QED) is 0.0668. The van der Waals surface area contributed by atoms with Gasteiger partial charge in [0.1, 0.15) is 0 Å². The van der Waals surface area contributed by atoms with Crippen LogP contribution in [-0.2, 0) is 42.6 Å². The van der Waals surface area contributed by atoms with Crippen LogP contribution in [0.3, 0.4) is 0 Å². The van der Waals surface area contributed by atoms with E-state index in [1.54, 1.807) is 21.3 Å². The summed E-state index contributed by atoms with van der Waals surface area (Å²) >= 11 is -2.07. The first kappa shape index (κ1) is 43.6. The molecular formula is C39H57O12Se+. The van der Waals surface area contributed by atoms with Crippen molar-refractivity contribution in [2.45, 2.75) is 0 Å². The summed E-state index contributed by atoms with van der Waals surface area (Å²) in [7, 11) is 4.96. The molecule has 0 saturated carbocycles. The standard InChI is InChI=1S/C39H57O12Se/c1-40-16-19-43-22-25-46-28-31-49-34-10-4-7-13-37(34)52(38-14-8-5-11-35(38)50-32-29-47-26-23-44-20-17-41-2)39-15-9-6-12-36(39)51-33-30-48-27-24-45-21-18-42-3/h4-15H,16-33H2,1-3H3/q+1. The minimum atomic E-state index is -2.07. The van der Waals surface area contributed by atoms with Crippen molar-refractivity contribution in [1.82, 2.24) is 0 Å². The van der Waals surface area contributed by atoms with Gasteiger partial charge in [0.25, 0.3) is 0 Å². The summed E-state index contributed by atoms with van der Waals surface area (Å²) < 4.78 is 71.3. The SMILES string of the molecule is COCCOCCOCCOc1ccccc1[Se+](c1ccccc1OCCOCCOCCOC)c1ccccc1OCCOCCOCCOC. The van der Waals surface area contributed by atoms with Crippen LogP contribution in [-0.4, -0.2) is 154 Å². The summed E-state index contributed by atoms with van der Waals surface area (Å²) in [5, 5.41) is 0. The molecule has 0 aliphatic rings. The average molecular weight is 797 g/mol. The van der Waals surface area contributed by atoms with Gasteiger partial charge < -0.3 is 0 Å². The van der Waals surface area contributed by atoms with E-state index in [9.17, 15) is 0 Å². The molecule has 0 saturated heterocycles. The molecule has 0 aromatic heterocycles. The smallest absolute Gasteiger partial charge is 0.0356 e. The first-order chi connectivity index (χ1) is 25.8. The van der Waals surface area contributed by atoms with Crippen molar-refractivity contribution in [3.8, 4) is 17.2 Å². The monoisotopic (exact) mass is 797 g/mol. The Hall–Kier alpha value is -2.78. The Balaban J connectivity index is 1.75. The zero-order valence-electron chi connectivity index (χ0n) is 31.0. The average Bonchev–Trinajstić information content (AvgIpc) is 3.17. The maximum atomic E-state index is 6.39. The van der Waals surface area contributed by atoms with Gasteiger partial charge in [-0.3, -0.25) is 0 Å². The van der Waals surface area contributed by atoms with Crippen molar-refractivity contribution in [2.75, 3.05) is 140 Å². The first-order valence-corrected chi connectivity index (χ1v) is 20.2. The second-order valence-corrected chi connectivity index (χ2v) is 14.9. The van der Waals surface area contributed by atoms with Gasteiger partial charge in [-0.2, -0.15) is 0 Å². The molecule has 0 spiro atoms. The molecule has 52 heavy (non-hydrogen) atoms. The van der Waals surface area contributed by atoms with E-state index >= 15 is 0 Å².